The van der Waals surface area contributed by atoms with E-state index in [-0.39, 0.29) is 48.0 Å². The Hall–Kier alpha value is -1.05. The summed E-state index contributed by atoms with van der Waals surface area (Å²) in [5, 5.41) is 24.2. The van der Waals surface area contributed by atoms with Gasteiger partial charge in [0.2, 0.25) is 11.8 Å². The maximum atomic E-state index is 13.0. The molecule has 8 atom stereocenters. The minimum absolute atomic E-state index is 0.0196. The monoisotopic (exact) mass is 598 g/mol. The molecule has 2 amide bonds. The van der Waals surface area contributed by atoms with E-state index in [1.54, 1.807) is 6.92 Å². The van der Waals surface area contributed by atoms with E-state index in [2.05, 4.69) is 26.2 Å². The number of alkyl halides is 1. The summed E-state index contributed by atoms with van der Waals surface area (Å²) in [7, 11) is 0. The molecular weight excluding hydrogens is 548 g/mol. The fraction of sp³-hybridized carbons (Fsp3) is 0.931. The second-order valence-corrected chi connectivity index (χ2v) is 13.3. The van der Waals surface area contributed by atoms with Crippen LogP contribution >= 0.6 is 11.6 Å². The van der Waals surface area contributed by atoms with Crippen LogP contribution < -0.4 is 21.3 Å². The number of halogens is 1. The molecule has 0 aromatic rings. The largest absolute Gasteiger partial charge is 0.390 e. The molecule has 5 aliphatic rings. The van der Waals surface area contributed by atoms with Gasteiger partial charge in [-0.1, -0.05) is 0 Å². The van der Waals surface area contributed by atoms with Crippen molar-refractivity contribution < 1.29 is 24.2 Å². The van der Waals surface area contributed by atoms with Crippen molar-refractivity contribution in [2.24, 2.45) is 17.8 Å². The van der Waals surface area contributed by atoms with Crippen molar-refractivity contribution in [3.63, 3.8) is 0 Å². The van der Waals surface area contributed by atoms with Crippen molar-refractivity contribution in [2.45, 2.75) is 87.8 Å². The van der Waals surface area contributed by atoms with Crippen molar-refractivity contribution in [1.29, 1.82) is 0 Å². The number of carbonyl (C=O) groups excluding carboxylic acids is 2. The first kappa shape index (κ1) is 31.4. The molecule has 12 heteroatoms. The SMILES string of the molecule is CC(=O)N1CCC(NC2CC(C(=O)NC[C@H](O)CN3CCC4C(CCC(OCC5CNCO5)C4Cl)C3)CCN2)CC1. The van der Waals surface area contributed by atoms with E-state index in [1.165, 1.54) is 0 Å². The number of ether oxygens (including phenoxy) is 2. The lowest BCUT2D eigenvalue weighted by Gasteiger charge is -2.46. The van der Waals surface area contributed by atoms with Crippen LogP contribution in [0.2, 0.25) is 0 Å². The summed E-state index contributed by atoms with van der Waals surface area (Å²) >= 11 is 6.92. The summed E-state index contributed by atoms with van der Waals surface area (Å²) < 4.78 is 11.8. The average molecular weight is 599 g/mol. The van der Waals surface area contributed by atoms with Gasteiger partial charge in [0, 0.05) is 58.2 Å². The van der Waals surface area contributed by atoms with E-state index < -0.39 is 6.10 Å². The number of aliphatic hydroxyl groups excluding tert-OH is 1. The third-order valence-corrected chi connectivity index (χ3v) is 10.5. The summed E-state index contributed by atoms with van der Waals surface area (Å²) in [5.41, 5.74) is 0. The Morgan fingerprint density at radius 2 is 1.98 bits per heavy atom. The lowest BCUT2D eigenvalue weighted by molar-refractivity contribution is -0.130. The lowest BCUT2D eigenvalue weighted by atomic mass is 9.73. The number of amides is 2. The number of fused-ring (bicyclic) bond motifs is 1. The van der Waals surface area contributed by atoms with Crippen LogP contribution in [-0.4, -0.2) is 128 Å². The number of rotatable bonds is 10. The third-order valence-electron chi connectivity index (χ3n) is 9.88. The number of aliphatic hydroxyl groups is 1. The Balaban J connectivity index is 0.976. The zero-order chi connectivity index (χ0) is 28.8. The van der Waals surface area contributed by atoms with Gasteiger partial charge in [-0.3, -0.25) is 20.2 Å². The van der Waals surface area contributed by atoms with Crippen LogP contribution in [0, 0.1) is 17.8 Å². The van der Waals surface area contributed by atoms with Crippen LogP contribution in [0.4, 0.5) is 0 Å². The number of hydrogen-bond donors (Lipinski definition) is 5. The summed E-state index contributed by atoms with van der Waals surface area (Å²) in [6.45, 7) is 8.71. The summed E-state index contributed by atoms with van der Waals surface area (Å²) in [5.74, 6) is 1.07. The first-order chi connectivity index (χ1) is 19.9. The molecule has 5 rings (SSSR count). The highest BCUT2D eigenvalue weighted by Crippen LogP contribution is 2.40. The number of piperidine rings is 3. The zero-order valence-corrected chi connectivity index (χ0v) is 25.3. The predicted molar refractivity (Wildman–Crippen MR) is 156 cm³/mol. The molecule has 1 aliphatic carbocycles. The predicted octanol–water partition coefficient (Wildman–Crippen LogP) is 0.0601. The van der Waals surface area contributed by atoms with Gasteiger partial charge in [0.1, 0.15) is 0 Å². The first-order valence-electron chi connectivity index (χ1n) is 15.9. The Labute approximate surface area is 249 Å². The van der Waals surface area contributed by atoms with Gasteiger partial charge >= 0.3 is 0 Å². The van der Waals surface area contributed by atoms with Crippen LogP contribution in [0.5, 0.6) is 0 Å². The van der Waals surface area contributed by atoms with Crippen LogP contribution in [0.1, 0.15) is 51.9 Å². The van der Waals surface area contributed by atoms with E-state index in [0.29, 0.717) is 37.8 Å². The maximum absolute atomic E-state index is 13.0. The fourth-order valence-corrected chi connectivity index (χ4v) is 7.98. The van der Waals surface area contributed by atoms with Gasteiger partial charge in [-0.2, -0.15) is 0 Å². The summed E-state index contributed by atoms with van der Waals surface area (Å²) in [6, 6.07) is 0.358. The Bertz CT molecular complexity index is 858. The quantitative estimate of drug-likeness (QED) is 0.222. The molecule has 4 heterocycles. The summed E-state index contributed by atoms with van der Waals surface area (Å²) in [4.78, 5) is 28.8. The van der Waals surface area contributed by atoms with Gasteiger partial charge in [-0.15, -0.1) is 11.6 Å². The molecule has 1 saturated carbocycles. The molecular formula is C29H51ClN6O5. The highest BCUT2D eigenvalue weighted by atomic mass is 35.5. The number of likely N-dealkylation sites (tertiary alicyclic amines) is 2. The minimum Gasteiger partial charge on any atom is -0.390 e. The van der Waals surface area contributed by atoms with Crippen LogP contribution in [0.25, 0.3) is 0 Å². The van der Waals surface area contributed by atoms with Gasteiger partial charge in [0.15, 0.2) is 0 Å². The van der Waals surface area contributed by atoms with Crippen molar-refractivity contribution in [3.05, 3.63) is 0 Å². The molecule has 0 aromatic carbocycles. The van der Waals surface area contributed by atoms with E-state index in [9.17, 15) is 14.7 Å². The zero-order valence-electron chi connectivity index (χ0n) is 24.6. The highest BCUT2D eigenvalue weighted by Gasteiger charge is 2.42. The van der Waals surface area contributed by atoms with Crippen LogP contribution in [0.15, 0.2) is 0 Å². The topological polar surface area (TPSA) is 127 Å². The second-order valence-electron chi connectivity index (χ2n) is 12.8. The van der Waals surface area contributed by atoms with Gasteiger partial charge in [0.05, 0.1) is 43.2 Å². The smallest absolute Gasteiger partial charge is 0.223 e. The van der Waals surface area contributed by atoms with E-state index >= 15 is 0 Å². The molecule has 4 aliphatic heterocycles. The highest BCUT2D eigenvalue weighted by molar-refractivity contribution is 6.21. The van der Waals surface area contributed by atoms with E-state index in [4.69, 9.17) is 21.1 Å². The van der Waals surface area contributed by atoms with E-state index in [0.717, 1.165) is 84.2 Å². The van der Waals surface area contributed by atoms with Crippen LogP contribution in [0.3, 0.4) is 0 Å². The molecule has 41 heavy (non-hydrogen) atoms. The molecule has 0 bridgehead atoms. The molecule has 11 nitrogen and oxygen atoms in total. The number of hydrogen-bond acceptors (Lipinski definition) is 9. The fourth-order valence-electron chi connectivity index (χ4n) is 7.45. The normalized spacial score (nSPS) is 36.1. The van der Waals surface area contributed by atoms with Gasteiger partial charge in [0.25, 0.3) is 0 Å². The molecule has 5 N–H and O–H groups in total. The molecule has 0 spiro atoms. The van der Waals surface area contributed by atoms with E-state index in [1.807, 2.05) is 4.90 Å². The molecule has 4 saturated heterocycles. The summed E-state index contributed by atoms with van der Waals surface area (Å²) in [6.07, 6.45) is 6.18. The average Bonchev–Trinajstić information content (AvgIpc) is 3.50. The lowest BCUT2D eigenvalue weighted by Crippen LogP contribution is -2.56. The van der Waals surface area contributed by atoms with Crippen molar-refractivity contribution in [2.75, 3.05) is 65.7 Å². The van der Waals surface area contributed by atoms with Crippen molar-refractivity contribution >= 4 is 23.4 Å². The molecule has 0 radical (unpaired) electrons. The molecule has 5 fully saturated rings. The van der Waals surface area contributed by atoms with Crippen molar-refractivity contribution in [3.8, 4) is 0 Å². The van der Waals surface area contributed by atoms with Gasteiger partial charge in [-0.05, 0) is 69.9 Å². The Morgan fingerprint density at radius 3 is 2.73 bits per heavy atom. The molecule has 234 valence electrons. The number of nitrogens with one attached hydrogen (secondary N) is 4. The third kappa shape index (κ3) is 8.75. The van der Waals surface area contributed by atoms with Gasteiger partial charge < -0.3 is 35.0 Å². The number of carbonyl (C=O) groups is 2. The first-order valence-corrected chi connectivity index (χ1v) is 16.3. The van der Waals surface area contributed by atoms with Gasteiger partial charge in [-0.25, -0.2) is 0 Å². The second kappa shape index (κ2) is 15.1. The van der Waals surface area contributed by atoms with Crippen LogP contribution in [-0.2, 0) is 19.1 Å². The number of β-amino-alcohol motifs (C(OH)–C–C–N with tert-alkyl or cyclic N) is 1. The number of nitrogens with zero attached hydrogens (tertiary/aromatic N) is 2. The molecule has 7 unspecified atom stereocenters. The molecule has 0 aromatic heterocycles. The minimum atomic E-state index is -0.593. The standard InChI is InChI=1S/C29H51ClN6O5/c1-19(37)36-10-5-22(6-11-36)34-27-12-20(4-8-32-27)29(39)33-13-23(38)16-35-9-7-25-21(15-35)2-3-26(28(25)30)40-17-24-14-31-18-41-24/h20-28,31-32,34,38H,2-18H2,1H3,(H,33,39)/t20?,21?,23-,24?,25?,26?,27?,28?/m0/s1. The maximum Gasteiger partial charge on any atom is 0.223 e. The Morgan fingerprint density at radius 1 is 1.15 bits per heavy atom. The Kier molecular flexibility index (Phi) is 11.6. The van der Waals surface area contributed by atoms with Crippen molar-refractivity contribution in [1.82, 2.24) is 31.1 Å².